The van der Waals surface area contributed by atoms with Crippen LogP contribution < -0.4 is 15.4 Å². The number of halogens is 1. The van der Waals surface area contributed by atoms with Crippen LogP contribution in [0.1, 0.15) is 27.1 Å². The molecule has 0 spiro atoms. The fourth-order valence-electron chi connectivity index (χ4n) is 4.91. The zero-order valence-electron chi connectivity index (χ0n) is 20.9. The second-order valence-electron chi connectivity index (χ2n) is 9.27. The molecule has 190 valence electrons. The third-order valence-electron chi connectivity index (χ3n) is 6.65. The van der Waals surface area contributed by atoms with Crippen LogP contribution in [0.25, 0.3) is 32.9 Å². The number of nitrogens with one attached hydrogen (secondary N) is 2. The maximum Gasteiger partial charge on any atom is 0.259 e. The van der Waals surface area contributed by atoms with Gasteiger partial charge in [-0.25, -0.2) is 0 Å². The summed E-state index contributed by atoms with van der Waals surface area (Å²) in [6, 6.07) is 14.7. The highest BCUT2D eigenvalue weighted by molar-refractivity contribution is 6.36. The maximum absolute atomic E-state index is 13.1. The fraction of sp³-hybridized carbons (Fsp3) is 0.250. The Hall–Kier alpha value is -3.88. The molecule has 0 radical (unpaired) electrons. The molecule has 1 aliphatic heterocycles. The first-order chi connectivity index (χ1) is 17.8. The number of nitrogens with zero attached hydrogens (tertiary/aromatic N) is 2. The smallest absolute Gasteiger partial charge is 0.259 e. The Kier molecular flexibility index (Phi) is 6.62. The SMILES string of the molecule is COc1ccc2c(c1)c1c3c(c(-c4ccccc4Cl)cc1n2CCC(=O)NCCN(C)C)C(=O)NC3=O. The first-order valence-corrected chi connectivity index (χ1v) is 12.4. The summed E-state index contributed by atoms with van der Waals surface area (Å²) in [4.78, 5) is 40.7. The van der Waals surface area contributed by atoms with Crippen LogP contribution in [0.15, 0.2) is 48.5 Å². The Labute approximate surface area is 219 Å². The van der Waals surface area contributed by atoms with Gasteiger partial charge in [0.2, 0.25) is 5.91 Å². The first kappa shape index (κ1) is 24.8. The van der Waals surface area contributed by atoms with Crippen molar-refractivity contribution in [3.05, 3.63) is 64.7 Å². The van der Waals surface area contributed by atoms with E-state index in [1.807, 2.05) is 66.0 Å². The van der Waals surface area contributed by atoms with E-state index in [0.717, 1.165) is 23.0 Å². The van der Waals surface area contributed by atoms with Crippen molar-refractivity contribution in [1.82, 2.24) is 20.1 Å². The molecule has 5 rings (SSSR count). The van der Waals surface area contributed by atoms with Gasteiger partial charge in [0.05, 0.1) is 23.8 Å². The van der Waals surface area contributed by atoms with Gasteiger partial charge in [0, 0.05) is 52.9 Å². The highest BCUT2D eigenvalue weighted by Crippen LogP contribution is 2.42. The molecule has 0 saturated carbocycles. The van der Waals surface area contributed by atoms with Gasteiger partial charge in [-0.1, -0.05) is 29.8 Å². The van der Waals surface area contributed by atoms with Gasteiger partial charge < -0.3 is 19.5 Å². The molecule has 2 N–H and O–H groups in total. The number of amides is 3. The maximum atomic E-state index is 13.1. The van der Waals surface area contributed by atoms with Crippen LogP contribution in [0, 0.1) is 0 Å². The van der Waals surface area contributed by atoms with Crippen molar-refractivity contribution < 1.29 is 19.1 Å². The van der Waals surface area contributed by atoms with E-state index in [-0.39, 0.29) is 12.3 Å². The van der Waals surface area contributed by atoms with E-state index in [1.165, 1.54) is 0 Å². The summed E-state index contributed by atoms with van der Waals surface area (Å²) in [5.41, 5.74) is 3.41. The number of benzene rings is 3. The number of carbonyl (C=O) groups is 3. The first-order valence-electron chi connectivity index (χ1n) is 12.0. The van der Waals surface area contributed by atoms with E-state index in [0.29, 0.717) is 51.5 Å². The molecule has 0 bridgehead atoms. The average molecular weight is 519 g/mol. The molecule has 0 fully saturated rings. The molecule has 3 amide bonds. The molecule has 8 nitrogen and oxygen atoms in total. The van der Waals surface area contributed by atoms with Crippen LogP contribution in [0.3, 0.4) is 0 Å². The molecule has 0 unspecified atom stereocenters. The van der Waals surface area contributed by atoms with Crippen LogP contribution in [-0.4, -0.2) is 61.5 Å². The third kappa shape index (κ3) is 4.43. The van der Waals surface area contributed by atoms with Gasteiger partial charge in [0.15, 0.2) is 0 Å². The summed E-state index contributed by atoms with van der Waals surface area (Å²) in [5.74, 6) is -0.351. The fourth-order valence-corrected chi connectivity index (χ4v) is 5.14. The predicted octanol–water partition coefficient (Wildman–Crippen LogP) is 4.08. The standard InChI is InChI=1S/C28H27ClN4O4/c1-32(2)13-11-30-23(34)10-12-33-21-9-8-16(37-3)14-19(21)24-22(33)15-18(17-6-4-5-7-20(17)29)25-26(24)28(36)31-27(25)35/h4-9,14-15H,10-13H2,1-3H3,(H,30,34)(H,31,35,36). The number of aryl methyl sites for hydroxylation is 1. The minimum absolute atomic E-state index is 0.0641. The lowest BCUT2D eigenvalue weighted by molar-refractivity contribution is -0.121. The van der Waals surface area contributed by atoms with Crippen molar-refractivity contribution in [2.75, 3.05) is 34.3 Å². The summed E-state index contributed by atoms with van der Waals surface area (Å²) in [6.07, 6.45) is 0.252. The summed E-state index contributed by atoms with van der Waals surface area (Å²) in [7, 11) is 5.48. The van der Waals surface area contributed by atoms with E-state index in [4.69, 9.17) is 16.3 Å². The molecule has 0 atom stereocenters. The monoisotopic (exact) mass is 518 g/mol. The highest BCUT2D eigenvalue weighted by Gasteiger charge is 2.35. The van der Waals surface area contributed by atoms with Crippen molar-refractivity contribution in [3.63, 3.8) is 0 Å². The van der Waals surface area contributed by atoms with Crippen molar-refractivity contribution >= 4 is 51.1 Å². The summed E-state index contributed by atoms with van der Waals surface area (Å²) in [6.45, 7) is 1.69. The molecule has 2 heterocycles. The lowest BCUT2D eigenvalue weighted by Gasteiger charge is -2.13. The number of fused-ring (bicyclic) bond motifs is 5. The molecular formula is C28H27ClN4O4. The molecule has 9 heteroatoms. The Morgan fingerprint density at radius 1 is 1.03 bits per heavy atom. The zero-order valence-corrected chi connectivity index (χ0v) is 21.6. The van der Waals surface area contributed by atoms with Gasteiger partial charge in [0.1, 0.15) is 5.75 Å². The lowest BCUT2D eigenvalue weighted by Crippen LogP contribution is -2.31. The number of aromatic nitrogens is 1. The van der Waals surface area contributed by atoms with Crippen LogP contribution in [0.2, 0.25) is 5.02 Å². The van der Waals surface area contributed by atoms with Crippen molar-refractivity contribution in [1.29, 1.82) is 0 Å². The predicted molar refractivity (Wildman–Crippen MR) is 144 cm³/mol. The number of likely N-dealkylation sites (N-methyl/N-ethyl adjacent to an activating group) is 1. The third-order valence-corrected chi connectivity index (χ3v) is 6.98. The van der Waals surface area contributed by atoms with Crippen molar-refractivity contribution in [3.8, 4) is 16.9 Å². The topological polar surface area (TPSA) is 92.7 Å². The van der Waals surface area contributed by atoms with E-state index >= 15 is 0 Å². The second-order valence-corrected chi connectivity index (χ2v) is 9.68. The molecule has 0 aliphatic carbocycles. The van der Waals surface area contributed by atoms with E-state index < -0.39 is 11.8 Å². The van der Waals surface area contributed by atoms with Gasteiger partial charge >= 0.3 is 0 Å². The number of carbonyl (C=O) groups excluding carboxylic acids is 3. The minimum atomic E-state index is -0.458. The highest BCUT2D eigenvalue weighted by atomic mass is 35.5. The van der Waals surface area contributed by atoms with Crippen molar-refractivity contribution in [2.24, 2.45) is 0 Å². The van der Waals surface area contributed by atoms with Crippen molar-refractivity contribution in [2.45, 2.75) is 13.0 Å². The number of hydrogen-bond acceptors (Lipinski definition) is 5. The molecular weight excluding hydrogens is 492 g/mol. The number of ether oxygens (including phenoxy) is 1. The Morgan fingerprint density at radius 2 is 1.78 bits per heavy atom. The zero-order chi connectivity index (χ0) is 26.3. The molecule has 0 saturated heterocycles. The summed E-state index contributed by atoms with van der Waals surface area (Å²) < 4.78 is 7.48. The Morgan fingerprint density at radius 3 is 2.51 bits per heavy atom. The van der Waals surface area contributed by atoms with E-state index in [2.05, 4.69) is 10.6 Å². The largest absolute Gasteiger partial charge is 0.497 e. The van der Waals surface area contributed by atoms with Gasteiger partial charge in [-0.05, 0) is 50.0 Å². The average Bonchev–Trinajstić information content (AvgIpc) is 3.34. The molecule has 4 aromatic rings. The van der Waals surface area contributed by atoms with Gasteiger partial charge in [0.25, 0.3) is 11.8 Å². The van der Waals surface area contributed by atoms with E-state index in [1.54, 1.807) is 13.2 Å². The quantitative estimate of drug-likeness (QED) is 0.343. The number of methoxy groups -OCH3 is 1. The van der Waals surface area contributed by atoms with Crippen LogP contribution in [0.5, 0.6) is 5.75 Å². The minimum Gasteiger partial charge on any atom is -0.497 e. The number of rotatable bonds is 8. The summed E-state index contributed by atoms with van der Waals surface area (Å²) in [5, 5.41) is 7.30. The molecule has 3 aromatic carbocycles. The molecule has 37 heavy (non-hydrogen) atoms. The molecule has 1 aliphatic rings. The van der Waals surface area contributed by atoms with Gasteiger partial charge in [-0.2, -0.15) is 0 Å². The van der Waals surface area contributed by atoms with Gasteiger partial charge in [-0.15, -0.1) is 0 Å². The molecule has 1 aromatic heterocycles. The second kappa shape index (κ2) is 9.88. The van der Waals surface area contributed by atoms with E-state index in [9.17, 15) is 14.4 Å². The normalized spacial score (nSPS) is 12.9. The van der Waals surface area contributed by atoms with Gasteiger partial charge in [-0.3, -0.25) is 19.7 Å². The lowest BCUT2D eigenvalue weighted by atomic mass is 9.93. The number of imide groups is 1. The summed E-state index contributed by atoms with van der Waals surface area (Å²) >= 11 is 6.53. The van der Waals surface area contributed by atoms with Crippen LogP contribution in [-0.2, 0) is 11.3 Å². The Bertz CT molecular complexity index is 1570. The number of hydrogen-bond donors (Lipinski definition) is 2. The van der Waals surface area contributed by atoms with Crippen LogP contribution >= 0.6 is 11.6 Å². The Balaban J connectivity index is 1.72. The van der Waals surface area contributed by atoms with Crippen LogP contribution in [0.4, 0.5) is 0 Å².